The zero-order valence-corrected chi connectivity index (χ0v) is 10.3. The van der Waals surface area contributed by atoms with Gasteiger partial charge in [-0.15, -0.1) is 0 Å². The van der Waals surface area contributed by atoms with Gasteiger partial charge in [-0.2, -0.15) is 5.26 Å². The predicted molar refractivity (Wildman–Crippen MR) is 66.5 cm³/mol. The highest BCUT2D eigenvalue weighted by Gasteiger charge is 2.13. The Morgan fingerprint density at radius 1 is 1.30 bits per heavy atom. The number of non-ortho nitro benzene ring substituents is 1. The lowest BCUT2D eigenvalue weighted by Crippen LogP contribution is -1.95. The van der Waals surface area contributed by atoms with Crippen molar-refractivity contribution in [2.24, 2.45) is 0 Å². The van der Waals surface area contributed by atoms with Crippen molar-refractivity contribution in [2.45, 2.75) is 0 Å². The van der Waals surface area contributed by atoms with Crippen molar-refractivity contribution in [3.63, 3.8) is 0 Å². The molecule has 8 nitrogen and oxygen atoms in total. The van der Waals surface area contributed by atoms with E-state index in [0.717, 1.165) is 0 Å². The molecule has 0 radical (unpaired) electrons. The Bertz CT molecular complexity index is 679. The number of methoxy groups -OCH3 is 1. The fourth-order valence-corrected chi connectivity index (χ4v) is 1.39. The fraction of sp³-hybridized carbons (Fsp3) is 0.0833. The quantitative estimate of drug-likeness (QED) is 0.618. The van der Waals surface area contributed by atoms with Crippen molar-refractivity contribution in [2.75, 3.05) is 7.11 Å². The molecule has 0 atom stereocenters. The number of ether oxygens (including phenoxy) is 2. The van der Waals surface area contributed by atoms with Crippen molar-refractivity contribution < 1.29 is 14.4 Å². The minimum Gasteiger partial charge on any atom is -0.493 e. The summed E-state index contributed by atoms with van der Waals surface area (Å²) in [6, 6.07) is 5.76. The number of rotatable bonds is 4. The van der Waals surface area contributed by atoms with Crippen LogP contribution in [0.15, 0.2) is 30.6 Å². The van der Waals surface area contributed by atoms with E-state index in [9.17, 15) is 10.1 Å². The summed E-state index contributed by atoms with van der Waals surface area (Å²) in [6.45, 7) is 0. The molecule has 8 heteroatoms. The van der Waals surface area contributed by atoms with Crippen LogP contribution in [0.5, 0.6) is 17.4 Å². The Morgan fingerprint density at radius 2 is 2.10 bits per heavy atom. The molecule has 0 aliphatic carbocycles. The van der Waals surface area contributed by atoms with Gasteiger partial charge < -0.3 is 9.47 Å². The number of aromatic nitrogens is 2. The Hall–Kier alpha value is -3.21. The van der Waals surface area contributed by atoms with Gasteiger partial charge in [0.1, 0.15) is 6.07 Å². The summed E-state index contributed by atoms with van der Waals surface area (Å²) in [7, 11) is 1.37. The van der Waals surface area contributed by atoms with Crippen LogP contribution in [0.25, 0.3) is 0 Å². The van der Waals surface area contributed by atoms with Gasteiger partial charge in [-0.05, 0) is 6.07 Å². The fourth-order valence-electron chi connectivity index (χ4n) is 1.39. The lowest BCUT2D eigenvalue weighted by atomic mass is 10.3. The first-order valence-electron chi connectivity index (χ1n) is 5.36. The summed E-state index contributed by atoms with van der Waals surface area (Å²) >= 11 is 0. The molecule has 2 aromatic rings. The van der Waals surface area contributed by atoms with E-state index in [1.807, 2.05) is 6.07 Å². The second kappa shape index (κ2) is 5.62. The van der Waals surface area contributed by atoms with Crippen molar-refractivity contribution in [1.82, 2.24) is 9.97 Å². The maximum Gasteiger partial charge on any atom is 0.273 e. The van der Waals surface area contributed by atoms with Crippen LogP contribution >= 0.6 is 0 Å². The van der Waals surface area contributed by atoms with E-state index < -0.39 is 4.92 Å². The largest absolute Gasteiger partial charge is 0.493 e. The van der Waals surface area contributed by atoms with Gasteiger partial charge in [0.2, 0.25) is 5.88 Å². The summed E-state index contributed by atoms with van der Waals surface area (Å²) in [5, 5.41) is 19.3. The van der Waals surface area contributed by atoms with E-state index >= 15 is 0 Å². The standard InChI is InChI=1S/C12H8N4O4/c1-19-11-4-9(16(17)18)2-3-10(11)20-12-7-14-8(5-13)6-15-12/h2-4,6-7H,1H3. The molecule has 2 rings (SSSR count). The summed E-state index contributed by atoms with van der Waals surface area (Å²) in [4.78, 5) is 17.8. The number of nitrogens with zero attached hydrogens (tertiary/aromatic N) is 4. The van der Waals surface area contributed by atoms with E-state index in [0.29, 0.717) is 0 Å². The molecule has 0 saturated heterocycles. The molecule has 0 fully saturated rings. The van der Waals surface area contributed by atoms with Crippen LogP contribution < -0.4 is 9.47 Å². The molecular formula is C12H8N4O4. The Morgan fingerprint density at radius 3 is 2.65 bits per heavy atom. The minimum atomic E-state index is -0.534. The summed E-state index contributed by atoms with van der Waals surface area (Å²) < 4.78 is 10.4. The molecule has 0 spiro atoms. The second-order valence-electron chi connectivity index (χ2n) is 3.55. The number of nitro groups is 1. The van der Waals surface area contributed by atoms with E-state index in [1.165, 1.54) is 37.7 Å². The van der Waals surface area contributed by atoms with Gasteiger partial charge in [-0.3, -0.25) is 10.1 Å². The maximum atomic E-state index is 10.7. The first-order chi connectivity index (χ1) is 9.63. The molecule has 100 valence electrons. The molecule has 0 saturated carbocycles. The zero-order chi connectivity index (χ0) is 14.5. The minimum absolute atomic E-state index is 0.111. The van der Waals surface area contributed by atoms with Gasteiger partial charge in [0.15, 0.2) is 17.2 Å². The molecule has 0 unspecified atom stereocenters. The Kier molecular flexibility index (Phi) is 3.72. The first-order valence-corrected chi connectivity index (χ1v) is 5.36. The molecule has 0 aliphatic rings. The van der Waals surface area contributed by atoms with Crippen LogP contribution in [0.1, 0.15) is 5.69 Å². The number of hydrogen-bond acceptors (Lipinski definition) is 7. The van der Waals surface area contributed by atoms with Gasteiger partial charge in [-0.1, -0.05) is 0 Å². The summed E-state index contributed by atoms with van der Waals surface area (Å²) in [5.41, 5.74) is 0.0492. The monoisotopic (exact) mass is 272 g/mol. The van der Waals surface area contributed by atoms with Gasteiger partial charge >= 0.3 is 0 Å². The maximum absolute atomic E-state index is 10.7. The van der Waals surface area contributed by atoms with E-state index in [2.05, 4.69) is 9.97 Å². The highest BCUT2D eigenvalue weighted by molar-refractivity contribution is 5.49. The molecule has 1 heterocycles. The molecule has 0 aliphatic heterocycles. The van der Waals surface area contributed by atoms with Crippen molar-refractivity contribution >= 4 is 5.69 Å². The third-order valence-corrected chi connectivity index (χ3v) is 2.32. The zero-order valence-electron chi connectivity index (χ0n) is 10.3. The Balaban J connectivity index is 2.28. The van der Waals surface area contributed by atoms with Crippen LogP contribution in [-0.4, -0.2) is 22.0 Å². The van der Waals surface area contributed by atoms with Gasteiger partial charge in [0.05, 0.1) is 30.5 Å². The smallest absolute Gasteiger partial charge is 0.273 e. The molecular weight excluding hydrogens is 264 g/mol. The highest BCUT2D eigenvalue weighted by atomic mass is 16.6. The lowest BCUT2D eigenvalue weighted by Gasteiger charge is -2.08. The number of benzene rings is 1. The average molecular weight is 272 g/mol. The van der Waals surface area contributed by atoms with Crippen LogP contribution in [0.2, 0.25) is 0 Å². The van der Waals surface area contributed by atoms with Crippen LogP contribution in [0.4, 0.5) is 5.69 Å². The molecule has 1 aromatic heterocycles. The van der Waals surface area contributed by atoms with Crippen molar-refractivity contribution in [3.05, 3.63) is 46.4 Å². The normalized spacial score (nSPS) is 9.60. The average Bonchev–Trinajstić information content (AvgIpc) is 2.48. The molecule has 20 heavy (non-hydrogen) atoms. The summed E-state index contributed by atoms with van der Waals surface area (Å²) in [5.74, 6) is 0.610. The van der Waals surface area contributed by atoms with Gasteiger partial charge in [0.25, 0.3) is 5.69 Å². The molecule has 0 amide bonds. The predicted octanol–water partition coefficient (Wildman–Crippen LogP) is 2.06. The number of nitro benzene ring substituents is 1. The van der Waals surface area contributed by atoms with Crippen LogP contribution in [0, 0.1) is 21.4 Å². The van der Waals surface area contributed by atoms with Crippen LogP contribution in [-0.2, 0) is 0 Å². The topological polar surface area (TPSA) is 111 Å². The molecule has 1 aromatic carbocycles. The van der Waals surface area contributed by atoms with Crippen molar-refractivity contribution in [3.8, 4) is 23.4 Å². The number of nitriles is 1. The second-order valence-corrected chi connectivity index (χ2v) is 3.55. The van der Waals surface area contributed by atoms with Gasteiger partial charge in [0, 0.05) is 6.07 Å². The summed E-state index contributed by atoms with van der Waals surface area (Å²) in [6.07, 6.45) is 2.53. The first kappa shape index (κ1) is 13.2. The van der Waals surface area contributed by atoms with Crippen molar-refractivity contribution in [1.29, 1.82) is 5.26 Å². The molecule has 0 bridgehead atoms. The molecule has 0 N–H and O–H groups in total. The van der Waals surface area contributed by atoms with E-state index in [1.54, 1.807) is 0 Å². The third kappa shape index (κ3) is 2.78. The van der Waals surface area contributed by atoms with Gasteiger partial charge in [-0.25, -0.2) is 9.97 Å². The SMILES string of the molecule is COc1cc([N+](=O)[O-])ccc1Oc1cnc(C#N)cn1. The third-order valence-electron chi connectivity index (χ3n) is 2.32. The van der Waals surface area contributed by atoms with E-state index in [-0.39, 0.29) is 28.8 Å². The highest BCUT2D eigenvalue weighted by Crippen LogP contribution is 2.33. The number of hydrogen-bond donors (Lipinski definition) is 0. The van der Waals surface area contributed by atoms with E-state index in [4.69, 9.17) is 14.7 Å². The van der Waals surface area contributed by atoms with Crippen LogP contribution in [0.3, 0.4) is 0 Å². The lowest BCUT2D eigenvalue weighted by molar-refractivity contribution is -0.384. The Labute approximate surface area is 113 Å².